The van der Waals surface area contributed by atoms with Gasteiger partial charge in [0.25, 0.3) is 0 Å². The molecule has 5 heteroatoms. The summed E-state index contributed by atoms with van der Waals surface area (Å²) in [6.45, 7) is 2.90. The van der Waals surface area contributed by atoms with Crippen LogP contribution < -0.4 is 0 Å². The number of carbonyl (C=O) groups is 2. The molecule has 0 aromatic carbocycles. The summed E-state index contributed by atoms with van der Waals surface area (Å²) in [5, 5.41) is 10.6. The number of aliphatic carboxylic acids is 1. The average molecular weight is 228 g/mol. The Morgan fingerprint density at radius 3 is 2.67 bits per heavy atom. The van der Waals surface area contributed by atoms with E-state index >= 15 is 0 Å². The monoisotopic (exact) mass is 228 g/mol. The van der Waals surface area contributed by atoms with Crippen LogP contribution in [-0.4, -0.2) is 23.7 Å². The van der Waals surface area contributed by atoms with Crippen molar-refractivity contribution in [2.75, 3.05) is 6.61 Å². The molecule has 1 rings (SSSR count). The molecule has 4 nitrogen and oxygen atoms in total. The molecule has 1 heterocycles. The molecular weight excluding hydrogens is 216 g/mol. The molecule has 0 saturated carbocycles. The Morgan fingerprint density at radius 1 is 1.53 bits per heavy atom. The van der Waals surface area contributed by atoms with Gasteiger partial charge in [0, 0.05) is 0 Å². The van der Waals surface area contributed by atoms with E-state index in [-0.39, 0.29) is 6.61 Å². The lowest BCUT2D eigenvalue weighted by Gasteiger charge is -2.18. The quantitative estimate of drug-likeness (QED) is 0.801. The highest BCUT2D eigenvalue weighted by Crippen LogP contribution is 2.17. The van der Waals surface area contributed by atoms with Gasteiger partial charge in [-0.2, -0.15) is 0 Å². The first-order valence-electron chi connectivity index (χ1n) is 4.37. The van der Waals surface area contributed by atoms with Crippen molar-refractivity contribution in [3.05, 3.63) is 22.4 Å². The zero-order valence-electron chi connectivity index (χ0n) is 8.52. The number of esters is 1. The Bertz CT molecular complexity index is 354. The molecule has 0 fully saturated rings. The fourth-order valence-corrected chi connectivity index (χ4v) is 1.39. The molecule has 0 spiro atoms. The van der Waals surface area contributed by atoms with E-state index in [4.69, 9.17) is 9.84 Å². The summed E-state index contributed by atoms with van der Waals surface area (Å²) in [6, 6.07) is 3.38. The smallest absolute Gasteiger partial charge is 0.348 e. The molecule has 15 heavy (non-hydrogen) atoms. The van der Waals surface area contributed by atoms with Gasteiger partial charge in [0.15, 0.2) is 0 Å². The van der Waals surface area contributed by atoms with Gasteiger partial charge in [-0.25, -0.2) is 4.79 Å². The van der Waals surface area contributed by atoms with Crippen molar-refractivity contribution in [1.29, 1.82) is 0 Å². The van der Waals surface area contributed by atoms with Crippen molar-refractivity contribution >= 4 is 23.3 Å². The van der Waals surface area contributed by atoms with Gasteiger partial charge in [0.1, 0.15) is 11.5 Å². The zero-order chi connectivity index (χ0) is 11.5. The van der Waals surface area contributed by atoms with E-state index in [2.05, 4.69) is 0 Å². The van der Waals surface area contributed by atoms with Crippen LogP contribution >= 0.6 is 11.3 Å². The van der Waals surface area contributed by atoms with Crippen LogP contribution in [0.15, 0.2) is 17.5 Å². The predicted octanol–water partition coefficient (Wildman–Crippen LogP) is 2.02. The van der Waals surface area contributed by atoms with Crippen LogP contribution in [0.3, 0.4) is 0 Å². The van der Waals surface area contributed by atoms with E-state index in [0.29, 0.717) is 4.88 Å². The Morgan fingerprint density at radius 2 is 2.20 bits per heavy atom. The number of carboxylic acids is 1. The minimum Gasteiger partial charge on any atom is -0.481 e. The topological polar surface area (TPSA) is 63.6 Å². The summed E-state index contributed by atoms with van der Waals surface area (Å²) in [7, 11) is 0. The lowest BCUT2D eigenvalue weighted by molar-refractivity contribution is -0.149. The first kappa shape index (κ1) is 11.7. The number of carboxylic acid groups (broad SMARTS) is 1. The molecule has 1 aromatic rings. The summed E-state index contributed by atoms with van der Waals surface area (Å²) in [5.41, 5.74) is -1.05. The van der Waals surface area contributed by atoms with Crippen molar-refractivity contribution < 1.29 is 19.4 Å². The standard InChI is InChI=1S/C10H12O4S/c1-10(2,9(12)13)6-14-8(11)7-4-3-5-15-7/h3-5H,6H2,1-2H3,(H,12,13). The lowest BCUT2D eigenvalue weighted by Crippen LogP contribution is -2.30. The maximum absolute atomic E-state index is 11.4. The number of ether oxygens (including phenoxy) is 1. The minimum atomic E-state index is -1.05. The van der Waals surface area contributed by atoms with E-state index in [1.165, 1.54) is 25.2 Å². The van der Waals surface area contributed by atoms with E-state index in [9.17, 15) is 9.59 Å². The number of rotatable bonds is 4. The van der Waals surface area contributed by atoms with E-state index in [0.717, 1.165) is 0 Å². The zero-order valence-corrected chi connectivity index (χ0v) is 9.34. The van der Waals surface area contributed by atoms with Crippen LogP contribution in [0.4, 0.5) is 0 Å². The summed E-state index contributed by atoms with van der Waals surface area (Å²) in [4.78, 5) is 22.6. The van der Waals surface area contributed by atoms with Crippen molar-refractivity contribution in [2.45, 2.75) is 13.8 Å². The maximum atomic E-state index is 11.4. The van der Waals surface area contributed by atoms with Crippen LogP contribution in [0.5, 0.6) is 0 Å². The first-order chi connectivity index (χ1) is 6.93. The van der Waals surface area contributed by atoms with Crippen LogP contribution in [0.2, 0.25) is 0 Å². The van der Waals surface area contributed by atoms with Crippen LogP contribution in [0, 0.1) is 5.41 Å². The summed E-state index contributed by atoms with van der Waals surface area (Å²) in [6.07, 6.45) is 0. The fourth-order valence-electron chi connectivity index (χ4n) is 0.774. The van der Waals surface area contributed by atoms with E-state index < -0.39 is 17.4 Å². The highest BCUT2D eigenvalue weighted by Gasteiger charge is 2.29. The number of thiophene rings is 1. The molecule has 0 radical (unpaired) electrons. The summed E-state index contributed by atoms with van der Waals surface area (Å²) in [5.74, 6) is -1.46. The number of carbonyl (C=O) groups excluding carboxylic acids is 1. The van der Waals surface area contributed by atoms with Gasteiger partial charge in [0.05, 0.1) is 5.41 Å². The largest absolute Gasteiger partial charge is 0.481 e. The molecule has 0 atom stereocenters. The fraction of sp³-hybridized carbons (Fsp3) is 0.400. The molecule has 0 saturated heterocycles. The average Bonchev–Trinajstić information content (AvgIpc) is 2.66. The normalized spacial score (nSPS) is 11.1. The van der Waals surface area contributed by atoms with Crippen molar-refractivity contribution in [2.24, 2.45) is 5.41 Å². The van der Waals surface area contributed by atoms with Gasteiger partial charge in [-0.15, -0.1) is 11.3 Å². The Kier molecular flexibility index (Phi) is 3.47. The minimum absolute atomic E-state index is 0.126. The molecule has 0 aliphatic heterocycles. The molecule has 0 amide bonds. The molecule has 1 N–H and O–H groups in total. The second-order valence-electron chi connectivity index (χ2n) is 3.74. The van der Waals surface area contributed by atoms with Gasteiger partial charge >= 0.3 is 11.9 Å². The first-order valence-corrected chi connectivity index (χ1v) is 5.25. The van der Waals surface area contributed by atoms with Crippen LogP contribution in [-0.2, 0) is 9.53 Å². The molecule has 0 aliphatic carbocycles. The second-order valence-corrected chi connectivity index (χ2v) is 4.69. The number of hydrogen-bond acceptors (Lipinski definition) is 4. The van der Waals surface area contributed by atoms with E-state index in [1.54, 1.807) is 17.5 Å². The van der Waals surface area contributed by atoms with E-state index in [1.807, 2.05) is 0 Å². The highest BCUT2D eigenvalue weighted by molar-refractivity contribution is 7.11. The van der Waals surface area contributed by atoms with Crippen molar-refractivity contribution in [3.8, 4) is 0 Å². The second kappa shape index (κ2) is 4.44. The van der Waals surface area contributed by atoms with Crippen molar-refractivity contribution in [3.63, 3.8) is 0 Å². The SMILES string of the molecule is CC(C)(COC(=O)c1cccs1)C(=O)O. The highest BCUT2D eigenvalue weighted by atomic mass is 32.1. The Labute approximate surface area is 91.5 Å². The van der Waals surface area contributed by atoms with Crippen LogP contribution in [0.25, 0.3) is 0 Å². The Balaban J connectivity index is 2.51. The molecule has 1 aromatic heterocycles. The summed E-state index contributed by atoms with van der Waals surface area (Å²) >= 11 is 1.27. The predicted molar refractivity (Wildman–Crippen MR) is 56.0 cm³/mol. The third-order valence-corrected chi connectivity index (χ3v) is 2.72. The molecule has 0 unspecified atom stereocenters. The number of hydrogen-bond donors (Lipinski definition) is 1. The van der Waals surface area contributed by atoms with Crippen LogP contribution in [0.1, 0.15) is 23.5 Å². The summed E-state index contributed by atoms with van der Waals surface area (Å²) < 4.78 is 4.90. The van der Waals surface area contributed by atoms with Gasteiger partial charge in [-0.1, -0.05) is 6.07 Å². The third kappa shape index (κ3) is 3.06. The third-order valence-electron chi connectivity index (χ3n) is 1.87. The molecular formula is C10H12O4S. The molecule has 82 valence electrons. The van der Waals surface area contributed by atoms with Gasteiger partial charge in [0.2, 0.25) is 0 Å². The molecule has 0 aliphatic rings. The van der Waals surface area contributed by atoms with Gasteiger partial charge in [-0.3, -0.25) is 4.79 Å². The van der Waals surface area contributed by atoms with Gasteiger partial charge in [-0.05, 0) is 25.3 Å². The molecule has 0 bridgehead atoms. The van der Waals surface area contributed by atoms with Gasteiger partial charge < -0.3 is 9.84 Å². The maximum Gasteiger partial charge on any atom is 0.348 e. The Hall–Kier alpha value is -1.36. The van der Waals surface area contributed by atoms with Crippen molar-refractivity contribution in [1.82, 2.24) is 0 Å². The lowest BCUT2D eigenvalue weighted by atomic mass is 9.95.